The summed E-state index contributed by atoms with van der Waals surface area (Å²) in [6.07, 6.45) is 16.2. The molecule has 0 radical (unpaired) electrons. The lowest BCUT2D eigenvalue weighted by Crippen LogP contribution is -2.16. The van der Waals surface area contributed by atoms with Gasteiger partial charge in [-0.3, -0.25) is 10.1 Å². The molecule has 0 aromatic carbocycles. The van der Waals surface area contributed by atoms with Crippen molar-refractivity contribution in [3.8, 4) is 22.6 Å². The molecule has 0 spiro atoms. The standard InChI is InChI=1S/C31H30N8/c1-4-20(17-23(5-2)34-19(3)21-9-6-7-10-21)25-12-13-26-28(35-25)29(39-38-26)31-36-27-24(14-16-33-30(27)37-31)22-11-8-15-32-18-22/h4-5,8,11-18,21,34H,2-3,6-7,9-10H2,1H3,(H,38,39)(H,33,36,37)/b20-4+,23-17+. The van der Waals surface area contributed by atoms with Crippen LogP contribution in [-0.4, -0.2) is 35.1 Å². The van der Waals surface area contributed by atoms with Gasteiger partial charge in [0.2, 0.25) is 0 Å². The number of H-pyrrole nitrogens is 2. The van der Waals surface area contributed by atoms with E-state index in [1.165, 1.54) is 25.7 Å². The molecule has 0 amide bonds. The third kappa shape index (κ3) is 4.77. The number of aromatic amines is 2. The van der Waals surface area contributed by atoms with E-state index in [0.717, 1.165) is 50.3 Å². The predicted octanol–water partition coefficient (Wildman–Crippen LogP) is 6.72. The van der Waals surface area contributed by atoms with Crippen LogP contribution < -0.4 is 5.32 Å². The Labute approximate surface area is 226 Å². The van der Waals surface area contributed by atoms with Crippen molar-refractivity contribution < 1.29 is 0 Å². The number of hydrogen-bond acceptors (Lipinski definition) is 6. The molecule has 0 bridgehead atoms. The summed E-state index contributed by atoms with van der Waals surface area (Å²) in [4.78, 5) is 21.9. The van der Waals surface area contributed by atoms with E-state index in [9.17, 15) is 0 Å². The lowest BCUT2D eigenvalue weighted by atomic mass is 10.0. The molecule has 5 aromatic rings. The van der Waals surface area contributed by atoms with Gasteiger partial charge in [0.1, 0.15) is 5.52 Å². The van der Waals surface area contributed by atoms with E-state index in [1.807, 2.05) is 55.6 Å². The minimum atomic E-state index is 0.516. The first-order chi connectivity index (χ1) is 19.1. The number of aromatic nitrogens is 7. The second kappa shape index (κ2) is 10.5. The first kappa shape index (κ1) is 24.5. The van der Waals surface area contributed by atoms with Crippen LogP contribution in [0.5, 0.6) is 0 Å². The topological polar surface area (TPSA) is 108 Å². The van der Waals surface area contributed by atoms with Gasteiger partial charge in [0.05, 0.1) is 16.7 Å². The largest absolute Gasteiger partial charge is 0.359 e. The average Bonchev–Trinajstić information content (AvgIpc) is 3.74. The Morgan fingerprint density at radius 1 is 1.10 bits per heavy atom. The first-order valence-electron chi connectivity index (χ1n) is 13.2. The minimum absolute atomic E-state index is 0.516. The molecule has 0 aliphatic heterocycles. The summed E-state index contributed by atoms with van der Waals surface area (Å²) >= 11 is 0. The third-order valence-corrected chi connectivity index (χ3v) is 7.29. The van der Waals surface area contributed by atoms with E-state index in [-0.39, 0.29) is 0 Å². The molecule has 0 saturated heterocycles. The highest BCUT2D eigenvalue weighted by Crippen LogP contribution is 2.31. The second-order valence-corrected chi connectivity index (χ2v) is 9.73. The molecular formula is C31H30N8. The zero-order valence-corrected chi connectivity index (χ0v) is 21.9. The number of allylic oxidation sites excluding steroid dienone is 5. The Kier molecular flexibility index (Phi) is 6.59. The van der Waals surface area contributed by atoms with E-state index in [0.29, 0.717) is 23.1 Å². The van der Waals surface area contributed by atoms with Gasteiger partial charge in [0.15, 0.2) is 17.2 Å². The van der Waals surface area contributed by atoms with Crippen molar-refractivity contribution in [3.05, 3.63) is 97.4 Å². The fraction of sp³-hybridized carbons (Fsp3) is 0.194. The van der Waals surface area contributed by atoms with Crippen LogP contribution in [0.2, 0.25) is 0 Å². The summed E-state index contributed by atoms with van der Waals surface area (Å²) in [6, 6.07) is 9.87. The van der Waals surface area contributed by atoms with Gasteiger partial charge in [-0.15, -0.1) is 0 Å². The number of nitrogens with zero attached hydrogens (tertiary/aromatic N) is 5. The van der Waals surface area contributed by atoms with Crippen molar-refractivity contribution in [2.75, 3.05) is 0 Å². The molecule has 1 fully saturated rings. The van der Waals surface area contributed by atoms with Crippen molar-refractivity contribution in [1.29, 1.82) is 0 Å². The van der Waals surface area contributed by atoms with Crippen LogP contribution >= 0.6 is 0 Å². The Balaban J connectivity index is 1.35. The van der Waals surface area contributed by atoms with E-state index < -0.39 is 0 Å². The zero-order valence-electron chi connectivity index (χ0n) is 21.9. The van der Waals surface area contributed by atoms with E-state index in [1.54, 1.807) is 12.4 Å². The van der Waals surface area contributed by atoms with Gasteiger partial charge in [-0.25, -0.2) is 15.0 Å². The zero-order chi connectivity index (χ0) is 26.8. The molecule has 1 aliphatic carbocycles. The van der Waals surface area contributed by atoms with Gasteiger partial charge in [0, 0.05) is 41.1 Å². The Bertz CT molecular complexity index is 1730. The fourth-order valence-corrected chi connectivity index (χ4v) is 5.19. The highest BCUT2D eigenvalue weighted by molar-refractivity contribution is 5.94. The molecule has 5 heterocycles. The summed E-state index contributed by atoms with van der Waals surface area (Å²) in [6.45, 7) is 10.3. The molecule has 3 N–H and O–H groups in total. The summed E-state index contributed by atoms with van der Waals surface area (Å²) in [7, 11) is 0. The summed E-state index contributed by atoms with van der Waals surface area (Å²) in [5.74, 6) is 1.12. The van der Waals surface area contributed by atoms with E-state index in [4.69, 9.17) is 9.97 Å². The number of rotatable bonds is 8. The molecule has 1 aliphatic rings. The number of imidazole rings is 1. The molecule has 1 saturated carbocycles. The SMILES string of the molecule is C=C/C(=C\C(=C/C)c1ccc2[nH]nc(-c3nc4nccc(-c5cccnc5)c4[nH]3)c2n1)NC(=C)C1CCCC1. The maximum atomic E-state index is 5.00. The minimum Gasteiger partial charge on any atom is -0.359 e. The van der Waals surface area contributed by atoms with Gasteiger partial charge in [-0.1, -0.05) is 38.1 Å². The normalized spacial score (nSPS) is 14.8. The van der Waals surface area contributed by atoms with Gasteiger partial charge < -0.3 is 10.3 Å². The third-order valence-electron chi connectivity index (χ3n) is 7.29. The molecule has 194 valence electrons. The molecule has 39 heavy (non-hydrogen) atoms. The molecule has 0 atom stereocenters. The molecule has 6 rings (SSSR count). The van der Waals surface area contributed by atoms with Crippen molar-refractivity contribution in [1.82, 2.24) is 40.4 Å². The summed E-state index contributed by atoms with van der Waals surface area (Å²) < 4.78 is 0. The Morgan fingerprint density at radius 2 is 1.97 bits per heavy atom. The van der Waals surface area contributed by atoms with Gasteiger partial charge in [0.25, 0.3) is 0 Å². The smallest absolute Gasteiger partial charge is 0.178 e. The van der Waals surface area contributed by atoms with Crippen molar-refractivity contribution in [2.24, 2.45) is 5.92 Å². The molecule has 8 heteroatoms. The monoisotopic (exact) mass is 514 g/mol. The van der Waals surface area contributed by atoms with E-state index >= 15 is 0 Å². The first-order valence-corrected chi connectivity index (χ1v) is 13.2. The maximum Gasteiger partial charge on any atom is 0.178 e. The number of nitrogens with one attached hydrogen (secondary N) is 3. The number of pyridine rings is 3. The van der Waals surface area contributed by atoms with Crippen LogP contribution in [0, 0.1) is 5.92 Å². The molecule has 5 aromatic heterocycles. The Hall–Kier alpha value is -4.85. The second-order valence-electron chi connectivity index (χ2n) is 9.73. The van der Waals surface area contributed by atoms with Crippen molar-refractivity contribution >= 4 is 27.8 Å². The molecular weight excluding hydrogens is 484 g/mol. The lowest BCUT2D eigenvalue weighted by molar-refractivity contribution is 0.607. The molecule has 0 unspecified atom stereocenters. The fourth-order valence-electron chi connectivity index (χ4n) is 5.19. The van der Waals surface area contributed by atoms with E-state index in [2.05, 4.69) is 49.7 Å². The lowest BCUT2D eigenvalue weighted by Gasteiger charge is -2.16. The van der Waals surface area contributed by atoms with Crippen molar-refractivity contribution in [2.45, 2.75) is 32.6 Å². The van der Waals surface area contributed by atoms with Gasteiger partial charge in [-0.05, 0) is 67.7 Å². The number of fused-ring (bicyclic) bond motifs is 2. The summed E-state index contributed by atoms with van der Waals surface area (Å²) in [5, 5.41) is 11.1. The van der Waals surface area contributed by atoms with Crippen LogP contribution in [0.3, 0.4) is 0 Å². The number of hydrogen-bond donors (Lipinski definition) is 3. The van der Waals surface area contributed by atoms with Crippen LogP contribution in [0.25, 0.3) is 50.4 Å². The predicted molar refractivity (Wildman–Crippen MR) is 156 cm³/mol. The van der Waals surface area contributed by atoms with Gasteiger partial charge >= 0.3 is 0 Å². The summed E-state index contributed by atoms with van der Waals surface area (Å²) in [5.41, 5.74) is 9.34. The quantitative estimate of drug-likeness (QED) is 0.198. The highest BCUT2D eigenvalue weighted by Gasteiger charge is 2.19. The molecule has 8 nitrogen and oxygen atoms in total. The average molecular weight is 515 g/mol. The Morgan fingerprint density at radius 3 is 2.74 bits per heavy atom. The van der Waals surface area contributed by atoms with Gasteiger partial charge in [-0.2, -0.15) is 5.10 Å². The van der Waals surface area contributed by atoms with Crippen LogP contribution in [0.1, 0.15) is 38.3 Å². The van der Waals surface area contributed by atoms with Crippen molar-refractivity contribution in [3.63, 3.8) is 0 Å². The van der Waals surface area contributed by atoms with Crippen LogP contribution in [0.4, 0.5) is 0 Å². The van der Waals surface area contributed by atoms with Crippen LogP contribution in [-0.2, 0) is 0 Å². The van der Waals surface area contributed by atoms with Crippen LogP contribution in [0.15, 0.2) is 91.7 Å². The maximum absolute atomic E-state index is 5.00. The highest BCUT2D eigenvalue weighted by atomic mass is 15.2.